The highest BCUT2D eigenvalue weighted by Crippen LogP contribution is 2.30. The van der Waals surface area contributed by atoms with Gasteiger partial charge < -0.3 is 9.72 Å². The summed E-state index contributed by atoms with van der Waals surface area (Å²) in [7, 11) is 3.34. The van der Waals surface area contributed by atoms with E-state index in [0.29, 0.717) is 33.0 Å². The first-order valence-corrected chi connectivity index (χ1v) is 10.7. The molecule has 2 aromatic heterocycles. The lowest BCUT2D eigenvalue weighted by Crippen LogP contribution is -2.27. The van der Waals surface area contributed by atoms with Crippen molar-refractivity contribution < 1.29 is 9.53 Å². The molecule has 0 aliphatic heterocycles. The first kappa shape index (κ1) is 21.0. The van der Waals surface area contributed by atoms with Crippen LogP contribution in [-0.4, -0.2) is 35.0 Å². The molecule has 6 nitrogen and oxygen atoms in total. The van der Waals surface area contributed by atoms with Crippen molar-refractivity contribution in [2.24, 2.45) is 0 Å². The van der Waals surface area contributed by atoms with Gasteiger partial charge >= 0.3 is 5.97 Å². The quantitative estimate of drug-likeness (QED) is 0.459. The number of ether oxygens (including phenoxy) is 1. The van der Waals surface area contributed by atoms with Crippen molar-refractivity contribution in [2.75, 3.05) is 14.2 Å². The predicted octanol–water partition coefficient (Wildman–Crippen LogP) is 4.30. The van der Waals surface area contributed by atoms with Gasteiger partial charge in [0.05, 0.1) is 25.1 Å². The van der Waals surface area contributed by atoms with Crippen molar-refractivity contribution in [2.45, 2.75) is 19.5 Å². The normalized spacial score (nSPS) is 11.4. The van der Waals surface area contributed by atoms with Gasteiger partial charge in [-0.2, -0.15) is 0 Å². The first-order chi connectivity index (χ1) is 15.0. The molecular weight excluding hydrogens is 410 g/mol. The second-order valence-corrected chi connectivity index (χ2v) is 8.38. The van der Waals surface area contributed by atoms with Crippen molar-refractivity contribution >= 4 is 27.5 Å². The fourth-order valence-electron chi connectivity index (χ4n) is 3.85. The molecule has 158 valence electrons. The molecule has 0 aliphatic rings. The van der Waals surface area contributed by atoms with Gasteiger partial charge in [0.2, 0.25) is 0 Å². The number of methoxy groups -OCH3 is 1. The van der Waals surface area contributed by atoms with Crippen LogP contribution in [0.25, 0.3) is 10.2 Å². The van der Waals surface area contributed by atoms with Gasteiger partial charge in [0.15, 0.2) is 0 Å². The van der Waals surface area contributed by atoms with Crippen LogP contribution >= 0.6 is 11.3 Å². The molecule has 0 spiro atoms. The summed E-state index contributed by atoms with van der Waals surface area (Å²) in [6.45, 7) is 2.18. The molecule has 0 saturated carbocycles. The molecule has 4 aromatic rings. The van der Waals surface area contributed by atoms with Crippen LogP contribution in [0.2, 0.25) is 0 Å². The van der Waals surface area contributed by atoms with Crippen molar-refractivity contribution in [3.8, 4) is 0 Å². The lowest BCUT2D eigenvalue weighted by Gasteiger charge is -2.28. The maximum atomic E-state index is 12.8. The molecule has 0 atom stereocenters. The molecule has 2 aromatic carbocycles. The van der Waals surface area contributed by atoms with Gasteiger partial charge in [-0.15, -0.1) is 11.3 Å². The minimum absolute atomic E-state index is 0.000832. The standard InChI is InChI=1S/C24H23N3O3S/c1-15-19-22(28)25-18(26-23(19)31-21(15)24(29)30-3)14-27(2)20(16-10-6-4-7-11-16)17-12-8-5-9-13-17/h4-13,20H,14H2,1-3H3,(H,25,26,28). The predicted molar refractivity (Wildman–Crippen MR) is 123 cm³/mol. The molecule has 4 rings (SSSR count). The average Bonchev–Trinajstić information content (AvgIpc) is 3.11. The van der Waals surface area contributed by atoms with Gasteiger partial charge in [-0.3, -0.25) is 9.69 Å². The number of nitrogens with one attached hydrogen (secondary N) is 1. The molecule has 0 amide bonds. The smallest absolute Gasteiger partial charge is 0.348 e. The molecule has 0 radical (unpaired) electrons. The van der Waals surface area contributed by atoms with Gasteiger partial charge in [-0.25, -0.2) is 9.78 Å². The molecule has 0 unspecified atom stereocenters. The zero-order chi connectivity index (χ0) is 22.0. The third kappa shape index (κ3) is 4.15. The lowest BCUT2D eigenvalue weighted by atomic mass is 9.97. The van der Waals surface area contributed by atoms with E-state index in [0.717, 1.165) is 11.1 Å². The van der Waals surface area contributed by atoms with Crippen molar-refractivity contribution in [1.29, 1.82) is 0 Å². The molecular formula is C24H23N3O3S. The Morgan fingerprint density at radius 3 is 2.23 bits per heavy atom. The maximum absolute atomic E-state index is 12.8. The fraction of sp³-hybridized carbons (Fsp3) is 0.208. The number of esters is 1. The molecule has 31 heavy (non-hydrogen) atoms. The van der Waals surface area contributed by atoms with E-state index in [9.17, 15) is 9.59 Å². The summed E-state index contributed by atoms with van der Waals surface area (Å²) in [6.07, 6.45) is 0. The largest absolute Gasteiger partial charge is 0.465 e. The summed E-state index contributed by atoms with van der Waals surface area (Å²) >= 11 is 1.19. The summed E-state index contributed by atoms with van der Waals surface area (Å²) in [5.74, 6) is 0.0984. The van der Waals surface area contributed by atoms with Gasteiger partial charge in [-0.05, 0) is 30.7 Å². The Morgan fingerprint density at radius 2 is 1.68 bits per heavy atom. The van der Waals surface area contributed by atoms with Gasteiger partial charge in [0.25, 0.3) is 5.56 Å². The number of hydrogen-bond acceptors (Lipinski definition) is 6. The van der Waals surface area contributed by atoms with E-state index in [2.05, 4.69) is 39.1 Å². The minimum atomic E-state index is -0.452. The van der Waals surface area contributed by atoms with Crippen LogP contribution in [0, 0.1) is 6.92 Å². The van der Waals surface area contributed by atoms with E-state index in [1.807, 2.05) is 43.4 Å². The lowest BCUT2D eigenvalue weighted by molar-refractivity contribution is 0.0605. The second kappa shape index (κ2) is 8.83. The van der Waals surface area contributed by atoms with Gasteiger partial charge in [0, 0.05) is 0 Å². The average molecular weight is 434 g/mol. The highest BCUT2D eigenvalue weighted by Gasteiger charge is 2.22. The first-order valence-electron chi connectivity index (χ1n) is 9.90. The van der Waals surface area contributed by atoms with Crippen LogP contribution in [-0.2, 0) is 11.3 Å². The second-order valence-electron chi connectivity index (χ2n) is 7.38. The number of nitrogens with zero attached hydrogens (tertiary/aromatic N) is 2. The number of H-pyrrole nitrogens is 1. The van der Waals surface area contributed by atoms with E-state index < -0.39 is 5.97 Å². The number of thiophene rings is 1. The van der Waals surface area contributed by atoms with Crippen LogP contribution in [0.4, 0.5) is 0 Å². The van der Waals surface area contributed by atoms with E-state index >= 15 is 0 Å². The monoisotopic (exact) mass is 433 g/mol. The Labute approximate surface area is 184 Å². The molecule has 0 aliphatic carbocycles. The van der Waals surface area contributed by atoms with Gasteiger partial charge in [0.1, 0.15) is 15.5 Å². The molecule has 2 heterocycles. The summed E-state index contributed by atoms with van der Waals surface area (Å²) in [5, 5.41) is 0.444. The molecule has 0 saturated heterocycles. The number of fused-ring (bicyclic) bond motifs is 1. The van der Waals surface area contributed by atoms with Crippen molar-refractivity contribution in [3.05, 3.63) is 98.4 Å². The number of benzene rings is 2. The van der Waals surface area contributed by atoms with Crippen LogP contribution in [0.3, 0.4) is 0 Å². The Kier molecular flexibility index (Phi) is 5.97. The zero-order valence-electron chi connectivity index (χ0n) is 17.6. The molecule has 0 fully saturated rings. The minimum Gasteiger partial charge on any atom is -0.465 e. The van der Waals surface area contributed by atoms with Crippen molar-refractivity contribution in [1.82, 2.24) is 14.9 Å². The number of aromatic nitrogens is 2. The third-order valence-electron chi connectivity index (χ3n) is 5.29. The molecule has 7 heteroatoms. The highest BCUT2D eigenvalue weighted by atomic mass is 32.1. The summed E-state index contributed by atoms with van der Waals surface area (Å²) in [6, 6.07) is 20.5. The number of carbonyl (C=O) groups is 1. The molecule has 1 N–H and O–H groups in total. The van der Waals surface area contributed by atoms with E-state index in [-0.39, 0.29) is 11.6 Å². The van der Waals surface area contributed by atoms with Crippen LogP contribution in [0.5, 0.6) is 0 Å². The maximum Gasteiger partial charge on any atom is 0.348 e. The third-order valence-corrected chi connectivity index (χ3v) is 6.46. The fourth-order valence-corrected chi connectivity index (χ4v) is 4.97. The van der Waals surface area contributed by atoms with Crippen molar-refractivity contribution in [3.63, 3.8) is 0 Å². The highest BCUT2D eigenvalue weighted by molar-refractivity contribution is 7.20. The number of hydrogen-bond donors (Lipinski definition) is 1. The van der Waals surface area contributed by atoms with E-state index in [1.54, 1.807) is 6.92 Å². The Balaban J connectivity index is 1.71. The number of aryl methyl sites for hydroxylation is 1. The van der Waals surface area contributed by atoms with Gasteiger partial charge in [-0.1, -0.05) is 60.7 Å². The Morgan fingerprint density at radius 1 is 1.10 bits per heavy atom. The summed E-state index contributed by atoms with van der Waals surface area (Å²) in [5.41, 5.74) is 2.67. The number of rotatable bonds is 6. The molecule has 0 bridgehead atoms. The Hall–Kier alpha value is -3.29. The summed E-state index contributed by atoms with van der Waals surface area (Å²) in [4.78, 5) is 35.5. The van der Waals surface area contributed by atoms with Crippen LogP contribution in [0.15, 0.2) is 65.5 Å². The summed E-state index contributed by atoms with van der Waals surface area (Å²) < 4.78 is 4.83. The zero-order valence-corrected chi connectivity index (χ0v) is 18.4. The van der Waals surface area contributed by atoms with E-state index in [4.69, 9.17) is 4.74 Å². The topological polar surface area (TPSA) is 75.3 Å². The Bertz CT molecular complexity index is 1230. The van der Waals surface area contributed by atoms with Crippen LogP contribution < -0.4 is 5.56 Å². The van der Waals surface area contributed by atoms with Crippen LogP contribution in [0.1, 0.15) is 38.2 Å². The number of aromatic amines is 1. The van der Waals surface area contributed by atoms with E-state index in [1.165, 1.54) is 18.4 Å². The number of carbonyl (C=O) groups excluding carboxylic acids is 1. The SMILES string of the molecule is COC(=O)c1sc2nc(CN(C)C(c3ccccc3)c3ccccc3)[nH]c(=O)c2c1C.